The molecular weight excluding hydrogens is 364 g/mol. The Labute approximate surface area is 161 Å². The number of hydrogen-bond acceptors (Lipinski definition) is 7. The van der Waals surface area contributed by atoms with Crippen LogP contribution < -0.4 is 16.0 Å². The Kier molecular flexibility index (Phi) is 4.96. The van der Waals surface area contributed by atoms with Gasteiger partial charge in [-0.1, -0.05) is 12.1 Å². The van der Waals surface area contributed by atoms with Gasteiger partial charge in [0.1, 0.15) is 6.04 Å². The van der Waals surface area contributed by atoms with Gasteiger partial charge in [-0.3, -0.25) is 29.4 Å². The number of fused-ring (bicyclic) bond motifs is 1. The molecule has 4 amide bonds. The molecule has 0 radical (unpaired) electrons. The second kappa shape index (κ2) is 7.42. The molecular formula is C19H22N4O5. The summed E-state index contributed by atoms with van der Waals surface area (Å²) in [6.07, 6.45) is 0.449. The van der Waals surface area contributed by atoms with Gasteiger partial charge in [0.15, 0.2) is 0 Å². The highest BCUT2D eigenvalue weighted by Crippen LogP contribution is 2.30. The van der Waals surface area contributed by atoms with Crippen LogP contribution in [0.15, 0.2) is 18.2 Å². The predicted octanol–water partition coefficient (Wildman–Crippen LogP) is -1.10. The maximum absolute atomic E-state index is 13.0. The average Bonchev–Trinajstić information content (AvgIpc) is 2.93. The van der Waals surface area contributed by atoms with E-state index in [0.717, 1.165) is 17.9 Å². The fourth-order valence-corrected chi connectivity index (χ4v) is 4.05. The molecule has 0 aromatic heterocycles. The maximum atomic E-state index is 13.0. The van der Waals surface area contributed by atoms with Crippen LogP contribution in [0.25, 0.3) is 0 Å². The average molecular weight is 386 g/mol. The highest BCUT2D eigenvalue weighted by molar-refractivity contribution is 6.24. The molecule has 4 rings (SSSR count). The maximum Gasteiger partial charge on any atom is 0.262 e. The summed E-state index contributed by atoms with van der Waals surface area (Å²) in [5, 5.41) is 18.6. The van der Waals surface area contributed by atoms with E-state index in [2.05, 4.69) is 16.0 Å². The lowest BCUT2D eigenvalue weighted by molar-refractivity contribution is -0.136. The number of imide groups is 2. The van der Waals surface area contributed by atoms with E-state index >= 15 is 0 Å². The van der Waals surface area contributed by atoms with Gasteiger partial charge in [-0.05, 0) is 31.0 Å². The first kappa shape index (κ1) is 18.7. The van der Waals surface area contributed by atoms with Gasteiger partial charge in [0, 0.05) is 25.6 Å². The van der Waals surface area contributed by atoms with Crippen LogP contribution in [0.2, 0.25) is 0 Å². The Morgan fingerprint density at radius 2 is 1.96 bits per heavy atom. The van der Waals surface area contributed by atoms with Crippen molar-refractivity contribution in [2.24, 2.45) is 0 Å². The largest absolute Gasteiger partial charge is 0.390 e. The van der Waals surface area contributed by atoms with Gasteiger partial charge in [-0.25, -0.2) is 0 Å². The molecule has 3 heterocycles. The number of nitrogens with one attached hydrogen (secondary N) is 3. The lowest BCUT2D eigenvalue weighted by Gasteiger charge is -2.29. The third-order valence-corrected chi connectivity index (χ3v) is 5.56. The van der Waals surface area contributed by atoms with E-state index < -0.39 is 35.8 Å². The third-order valence-electron chi connectivity index (χ3n) is 5.56. The van der Waals surface area contributed by atoms with E-state index in [1.807, 2.05) is 0 Å². The van der Waals surface area contributed by atoms with Crippen LogP contribution in [0.1, 0.15) is 45.5 Å². The Morgan fingerprint density at radius 1 is 1.14 bits per heavy atom. The van der Waals surface area contributed by atoms with E-state index in [1.54, 1.807) is 18.2 Å². The van der Waals surface area contributed by atoms with E-state index in [0.29, 0.717) is 18.7 Å². The molecule has 1 aromatic carbocycles. The number of piperidine rings is 2. The molecule has 3 atom stereocenters. The van der Waals surface area contributed by atoms with Gasteiger partial charge in [0.2, 0.25) is 11.8 Å². The van der Waals surface area contributed by atoms with Crippen LogP contribution in [0, 0.1) is 0 Å². The first-order chi connectivity index (χ1) is 13.5. The summed E-state index contributed by atoms with van der Waals surface area (Å²) in [7, 11) is 0. The molecule has 3 aliphatic heterocycles. The van der Waals surface area contributed by atoms with E-state index in [1.165, 1.54) is 0 Å². The van der Waals surface area contributed by atoms with E-state index in [-0.39, 0.29) is 30.0 Å². The van der Waals surface area contributed by atoms with Gasteiger partial charge >= 0.3 is 0 Å². The molecule has 4 N–H and O–H groups in total. The van der Waals surface area contributed by atoms with Crippen LogP contribution in [-0.4, -0.2) is 64.9 Å². The number of aliphatic hydroxyl groups excluding tert-OH is 1. The predicted molar refractivity (Wildman–Crippen MR) is 97.2 cm³/mol. The Hall–Kier alpha value is -2.62. The van der Waals surface area contributed by atoms with E-state index in [4.69, 9.17) is 0 Å². The number of benzene rings is 1. The summed E-state index contributed by atoms with van der Waals surface area (Å²) in [4.78, 5) is 50.3. The van der Waals surface area contributed by atoms with Crippen molar-refractivity contribution in [3.8, 4) is 0 Å². The molecule has 3 aliphatic rings. The molecule has 9 heteroatoms. The molecule has 148 valence electrons. The second-order valence-corrected chi connectivity index (χ2v) is 7.33. The van der Waals surface area contributed by atoms with Crippen LogP contribution in [0.4, 0.5) is 0 Å². The van der Waals surface area contributed by atoms with Crippen LogP contribution in [0.5, 0.6) is 0 Å². The van der Waals surface area contributed by atoms with Crippen molar-refractivity contribution in [3.63, 3.8) is 0 Å². The smallest absolute Gasteiger partial charge is 0.262 e. The van der Waals surface area contributed by atoms with Crippen molar-refractivity contribution in [1.29, 1.82) is 0 Å². The zero-order valence-corrected chi connectivity index (χ0v) is 15.2. The molecule has 0 bridgehead atoms. The number of carbonyl (C=O) groups is 4. The summed E-state index contributed by atoms with van der Waals surface area (Å²) in [6, 6.07) is 3.96. The van der Waals surface area contributed by atoms with Gasteiger partial charge in [-0.2, -0.15) is 0 Å². The topological polar surface area (TPSA) is 128 Å². The number of β-amino-alcohol motifs (C(OH)–C–C–N with tert-alkyl or cyclic N) is 1. The standard InChI is InChI=1S/C19H22N4O5/c24-14-9-20-7-6-12(14)21-8-10-2-1-3-11-16(10)19(28)23(18(11)27)13-4-5-15(25)22-17(13)26/h1-3,12-14,20-21,24H,4-9H2,(H,22,25,26)/t12-,13?,14-/m1/s1. The van der Waals surface area contributed by atoms with Crippen molar-refractivity contribution in [2.45, 2.75) is 44.0 Å². The molecule has 1 aromatic rings. The lowest BCUT2D eigenvalue weighted by Crippen LogP contribution is -2.54. The molecule has 2 fully saturated rings. The van der Waals surface area contributed by atoms with Crippen molar-refractivity contribution in [2.75, 3.05) is 13.1 Å². The molecule has 1 unspecified atom stereocenters. The number of aliphatic hydroxyl groups is 1. The number of amides is 4. The van der Waals surface area contributed by atoms with Gasteiger partial charge in [0.05, 0.1) is 17.2 Å². The van der Waals surface area contributed by atoms with Gasteiger partial charge in [0.25, 0.3) is 11.8 Å². The number of hydrogen-bond donors (Lipinski definition) is 4. The zero-order valence-electron chi connectivity index (χ0n) is 15.2. The molecule has 28 heavy (non-hydrogen) atoms. The highest BCUT2D eigenvalue weighted by Gasteiger charge is 2.45. The first-order valence-electron chi connectivity index (χ1n) is 9.43. The van der Waals surface area contributed by atoms with Crippen molar-refractivity contribution < 1.29 is 24.3 Å². The second-order valence-electron chi connectivity index (χ2n) is 7.33. The Morgan fingerprint density at radius 3 is 2.71 bits per heavy atom. The molecule has 0 saturated carbocycles. The summed E-state index contributed by atoms with van der Waals surface area (Å²) in [5.74, 6) is -2.05. The molecule has 2 saturated heterocycles. The van der Waals surface area contributed by atoms with Crippen molar-refractivity contribution in [3.05, 3.63) is 34.9 Å². The van der Waals surface area contributed by atoms with Gasteiger partial charge < -0.3 is 15.7 Å². The monoisotopic (exact) mass is 386 g/mol. The summed E-state index contributed by atoms with van der Waals surface area (Å²) < 4.78 is 0. The minimum atomic E-state index is -0.975. The lowest BCUT2D eigenvalue weighted by atomic mass is 10.00. The van der Waals surface area contributed by atoms with Gasteiger partial charge in [-0.15, -0.1) is 0 Å². The Balaban J connectivity index is 1.56. The fraction of sp³-hybridized carbons (Fsp3) is 0.474. The Bertz CT molecular complexity index is 855. The van der Waals surface area contributed by atoms with Crippen LogP contribution >= 0.6 is 0 Å². The number of carbonyl (C=O) groups excluding carboxylic acids is 4. The van der Waals surface area contributed by atoms with E-state index in [9.17, 15) is 24.3 Å². The number of rotatable bonds is 4. The zero-order chi connectivity index (χ0) is 19.8. The fourth-order valence-electron chi connectivity index (χ4n) is 4.05. The summed E-state index contributed by atoms with van der Waals surface area (Å²) in [6.45, 7) is 1.63. The van der Waals surface area contributed by atoms with Crippen LogP contribution in [0.3, 0.4) is 0 Å². The van der Waals surface area contributed by atoms with Crippen LogP contribution in [-0.2, 0) is 16.1 Å². The summed E-state index contributed by atoms with van der Waals surface area (Å²) in [5.41, 5.74) is 1.20. The SMILES string of the molecule is O=C1CCC(N2C(=O)c3cccc(CN[C@@H]4CCNC[C@H]4O)c3C2=O)C(=O)N1. The molecule has 9 nitrogen and oxygen atoms in total. The highest BCUT2D eigenvalue weighted by atomic mass is 16.3. The summed E-state index contributed by atoms with van der Waals surface area (Å²) >= 11 is 0. The first-order valence-corrected chi connectivity index (χ1v) is 9.43. The third kappa shape index (κ3) is 3.21. The van der Waals surface area contributed by atoms with Crippen molar-refractivity contribution in [1.82, 2.24) is 20.9 Å². The number of nitrogens with zero attached hydrogens (tertiary/aromatic N) is 1. The van der Waals surface area contributed by atoms with Crippen molar-refractivity contribution >= 4 is 23.6 Å². The quantitative estimate of drug-likeness (QED) is 0.484. The normalized spacial score (nSPS) is 27.8. The minimum Gasteiger partial charge on any atom is -0.390 e. The minimum absolute atomic E-state index is 0.0891. The molecule has 0 aliphatic carbocycles. The molecule has 0 spiro atoms.